The van der Waals surface area contributed by atoms with Crippen LogP contribution in [0.5, 0.6) is 0 Å². The van der Waals surface area contributed by atoms with E-state index in [2.05, 4.69) is 93.1 Å². The van der Waals surface area contributed by atoms with E-state index in [1.54, 1.807) is 6.20 Å². The van der Waals surface area contributed by atoms with Gasteiger partial charge in [0.05, 0.1) is 6.20 Å². The van der Waals surface area contributed by atoms with E-state index in [0.717, 1.165) is 38.2 Å². The van der Waals surface area contributed by atoms with Crippen LogP contribution in [-0.4, -0.2) is 34.8 Å². The highest BCUT2D eigenvalue weighted by Gasteiger charge is 2.04. The molecule has 1 aromatic heterocycles. The highest BCUT2D eigenvalue weighted by atomic mass is 15.3. The Hall–Kier alpha value is -3.15. The maximum absolute atomic E-state index is 4.50. The van der Waals surface area contributed by atoms with Crippen LogP contribution in [0.3, 0.4) is 0 Å². The summed E-state index contributed by atoms with van der Waals surface area (Å²) in [6, 6.07) is 18.8. The molecule has 0 atom stereocenters. The second-order valence-corrected chi connectivity index (χ2v) is 6.53. The Morgan fingerprint density at radius 3 is 2.39 bits per heavy atom. The van der Waals surface area contributed by atoms with Gasteiger partial charge in [-0.2, -0.15) is 10.1 Å². The van der Waals surface area contributed by atoms with Gasteiger partial charge in [0.2, 0.25) is 5.95 Å². The molecule has 6 heteroatoms. The Bertz CT molecular complexity index is 831. The lowest BCUT2D eigenvalue weighted by molar-refractivity contribution is 0.843. The van der Waals surface area contributed by atoms with Gasteiger partial charge in [-0.3, -0.25) is 0 Å². The van der Waals surface area contributed by atoms with E-state index in [4.69, 9.17) is 0 Å². The van der Waals surface area contributed by atoms with Gasteiger partial charge in [0, 0.05) is 31.0 Å². The van der Waals surface area contributed by atoms with Gasteiger partial charge >= 0.3 is 0 Å². The molecular weight excluding hydrogens is 348 g/mol. The summed E-state index contributed by atoms with van der Waals surface area (Å²) < 4.78 is 0. The molecule has 28 heavy (non-hydrogen) atoms. The molecule has 3 rings (SSSR count). The maximum atomic E-state index is 4.50. The maximum Gasteiger partial charge on any atom is 0.244 e. The summed E-state index contributed by atoms with van der Waals surface area (Å²) in [6.45, 7) is 7.13. The molecule has 2 aromatic carbocycles. The van der Waals surface area contributed by atoms with Crippen molar-refractivity contribution in [3.05, 3.63) is 66.4 Å². The predicted molar refractivity (Wildman–Crippen MR) is 116 cm³/mol. The standard InChI is InChI=1S/C22H28N6/c1-3-28(4-2)20-14-12-19(13-15-20)25-21-17-24-27-22(26-21)23-16-8-11-18-9-6-5-7-10-18/h5-7,9-10,12-15,17H,3-4,8,11,16H2,1-2H3,(H2,23,25,26,27). The van der Waals surface area contributed by atoms with Crippen LogP contribution >= 0.6 is 0 Å². The van der Waals surface area contributed by atoms with Crippen LogP contribution in [-0.2, 0) is 6.42 Å². The smallest absolute Gasteiger partial charge is 0.244 e. The van der Waals surface area contributed by atoms with Crippen molar-refractivity contribution in [2.75, 3.05) is 35.2 Å². The van der Waals surface area contributed by atoms with Gasteiger partial charge in [0.15, 0.2) is 5.82 Å². The Labute approximate surface area is 167 Å². The molecule has 146 valence electrons. The Morgan fingerprint density at radius 1 is 0.929 bits per heavy atom. The molecule has 0 unspecified atom stereocenters. The lowest BCUT2D eigenvalue weighted by Gasteiger charge is -2.21. The molecule has 0 aliphatic carbocycles. The fourth-order valence-electron chi connectivity index (χ4n) is 3.07. The number of nitrogens with zero attached hydrogens (tertiary/aromatic N) is 4. The van der Waals surface area contributed by atoms with Gasteiger partial charge in [0.1, 0.15) is 0 Å². The molecule has 0 aliphatic heterocycles. The van der Waals surface area contributed by atoms with Crippen molar-refractivity contribution >= 4 is 23.1 Å². The SMILES string of the molecule is CCN(CC)c1ccc(Nc2cnnc(NCCCc3ccccc3)n2)cc1. The Morgan fingerprint density at radius 2 is 1.68 bits per heavy atom. The molecule has 0 fully saturated rings. The van der Waals surface area contributed by atoms with Crippen LogP contribution in [0.2, 0.25) is 0 Å². The first kappa shape index (κ1) is 19.6. The third kappa shape index (κ3) is 5.67. The van der Waals surface area contributed by atoms with E-state index >= 15 is 0 Å². The van der Waals surface area contributed by atoms with Gasteiger partial charge in [-0.1, -0.05) is 30.3 Å². The molecule has 1 heterocycles. The number of hydrogen-bond acceptors (Lipinski definition) is 6. The number of anilines is 4. The summed E-state index contributed by atoms with van der Waals surface area (Å²) in [5.74, 6) is 1.22. The number of aromatic nitrogens is 3. The molecule has 0 spiro atoms. The van der Waals surface area contributed by atoms with E-state index in [-0.39, 0.29) is 0 Å². The summed E-state index contributed by atoms with van der Waals surface area (Å²) in [5.41, 5.74) is 3.54. The van der Waals surface area contributed by atoms with Gasteiger partial charge in [-0.25, -0.2) is 0 Å². The van der Waals surface area contributed by atoms with Gasteiger partial charge in [-0.15, -0.1) is 5.10 Å². The average molecular weight is 377 g/mol. The third-order valence-corrected chi connectivity index (χ3v) is 4.60. The molecule has 0 saturated heterocycles. The molecule has 6 nitrogen and oxygen atoms in total. The van der Waals surface area contributed by atoms with E-state index in [9.17, 15) is 0 Å². The van der Waals surface area contributed by atoms with Crippen molar-refractivity contribution in [3.8, 4) is 0 Å². The first-order valence-electron chi connectivity index (χ1n) is 9.88. The predicted octanol–water partition coefficient (Wildman–Crippen LogP) is 4.51. The van der Waals surface area contributed by atoms with Crippen LogP contribution in [0.15, 0.2) is 60.8 Å². The lowest BCUT2D eigenvalue weighted by Crippen LogP contribution is -2.21. The van der Waals surface area contributed by atoms with Crippen LogP contribution in [0.1, 0.15) is 25.8 Å². The number of nitrogens with one attached hydrogen (secondary N) is 2. The highest BCUT2D eigenvalue weighted by Crippen LogP contribution is 2.20. The Kier molecular flexibility index (Phi) is 7.18. The van der Waals surface area contributed by atoms with E-state index in [1.165, 1.54) is 11.3 Å². The molecule has 0 amide bonds. The van der Waals surface area contributed by atoms with Crippen molar-refractivity contribution in [2.45, 2.75) is 26.7 Å². The highest BCUT2D eigenvalue weighted by molar-refractivity contribution is 5.60. The Balaban J connectivity index is 1.51. The first-order chi connectivity index (χ1) is 13.8. The first-order valence-corrected chi connectivity index (χ1v) is 9.88. The van der Waals surface area contributed by atoms with Crippen molar-refractivity contribution in [2.24, 2.45) is 0 Å². The minimum atomic E-state index is 0.540. The molecule has 0 radical (unpaired) electrons. The molecule has 0 saturated carbocycles. The summed E-state index contributed by atoms with van der Waals surface area (Å²) in [4.78, 5) is 6.81. The molecule has 0 bridgehead atoms. The van der Waals surface area contributed by atoms with Gasteiger partial charge < -0.3 is 15.5 Å². The van der Waals surface area contributed by atoms with E-state index in [0.29, 0.717) is 11.8 Å². The van der Waals surface area contributed by atoms with Crippen molar-refractivity contribution in [3.63, 3.8) is 0 Å². The monoisotopic (exact) mass is 376 g/mol. The zero-order valence-corrected chi connectivity index (χ0v) is 16.6. The van der Waals surface area contributed by atoms with Crippen LogP contribution in [0.25, 0.3) is 0 Å². The van der Waals surface area contributed by atoms with E-state index in [1.807, 2.05) is 6.07 Å². The number of benzene rings is 2. The number of aryl methyl sites for hydroxylation is 1. The van der Waals surface area contributed by atoms with Crippen molar-refractivity contribution in [1.29, 1.82) is 0 Å². The molecule has 3 aromatic rings. The fraction of sp³-hybridized carbons (Fsp3) is 0.318. The minimum Gasteiger partial charge on any atom is -0.372 e. The quantitative estimate of drug-likeness (QED) is 0.508. The molecule has 0 aliphatic rings. The largest absolute Gasteiger partial charge is 0.372 e. The second-order valence-electron chi connectivity index (χ2n) is 6.53. The summed E-state index contributed by atoms with van der Waals surface area (Å²) >= 11 is 0. The van der Waals surface area contributed by atoms with E-state index < -0.39 is 0 Å². The topological polar surface area (TPSA) is 66.0 Å². The van der Waals surface area contributed by atoms with Crippen LogP contribution < -0.4 is 15.5 Å². The summed E-state index contributed by atoms with van der Waals surface area (Å²) in [5, 5.41) is 14.6. The second kappa shape index (κ2) is 10.3. The van der Waals surface area contributed by atoms with Gasteiger partial charge in [0.25, 0.3) is 0 Å². The van der Waals surface area contributed by atoms with Crippen molar-refractivity contribution in [1.82, 2.24) is 15.2 Å². The number of hydrogen-bond donors (Lipinski definition) is 2. The molecule has 2 N–H and O–H groups in total. The van der Waals surface area contributed by atoms with Crippen LogP contribution in [0.4, 0.5) is 23.1 Å². The third-order valence-electron chi connectivity index (χ3n) is 4.60. The average Bonchev–Trinajstić information content (AvgIpc) is 2.74. The van der Waals surface area contributed by atoms with Crippen LogP contribution in [0, 0.1) is 0 Å². The van der Waals surface area contributed by atoms with Crippen molar-refractivity contribution < 1.29 is 0 Å². The zero-order valence-electron chi connectivity index (χ0n) is 16.6. The minimum absolute atomic E-state index is 0.540. The molecular formula is C22H28N6. The van der Waals surface area contributed by atoms with Gasteiger partial charge in [-0.05, 0) is 56.5 Å². The number of rotatable bonds is 10. The summed E-state index contributed by atoms with van der Waals surface area (Å²) in [6.07, 6.45) is 3.67. The summed E-state index contributed by atoms with van der Waals surface area (Å²) in [7, 11) is 0. The fourth-order valence-corrected chi connectivity index (χ4v) is 3.07. The normalized spacial score (nSPS) is 10.5. The lowest BCUT2D eigenvalue weighted by atomic mass is 10.1. The zero-order chi connectivity index (χ0) is 19.6.